The first-order chi connectivity index (χ1) is 11.5. The number of nitrogens with zero attached hydrogens (tertiary/aromatic N) is 1. The molecule has 0 saturated carbocycles. The number of carbonyl (C=O) groups is 2. The quantitative estimate of drug-likeness (QED) is 0.838. The molecule has 0 aliphatic rings. The number of halogens is 1. The minimum Gasteiger partial charge on any atom is -0.467 e. The van der Waals surface area contributed by atoms with Crippen LogP contribution in [0.25, 0.3) is 0 Å². The van der Waals surface area contributed by atoms with Gasteiger partial charge in [-0.1, -0.05) is 11.6 Å². The van der Waals surface area contributed by atoms with Crippen molar-refractivity contribution < 1.29 is 14.0 Å². The van der Waals surface area contributed by atoms with E-state index in [1.807, 2.05) is 13.8 Å². The number of amides is 2. The fraction of sp³-hybridized carbons (Fsp3) is 0.294. The third-order valence-electron chi connectivity index (χ3n) is 3.63. The Morgan fingerprint density at radius 3 is 2.50 bits per heavy atom. The molecule has 1 heterocycles. The fourth-order valence-electron chi connectivity index (χ4n) is 2.26. The Morgan fingerprint density at radius 2 is 1.96 bits per heavy atom. The van der Waals surface area contributed by atoms with Gasteiger partial charge in [0.1, 0.15) is 12.0 Å². The summed E-state index contributed by atoms with van der Waals surface area (Å²) in [6.45, 7) is 5.25. The van der Waals surface area contributed by atoms with E-state index >= 15 is 0 Å². The van der Waals surface area contributed by atoms with E-state index in [1.165, 1.54) is 6.26 Å². The Kier molecular flexibility index (Phi) is 6.00. The second-order valence-electron chi connectivity index (χ2n) is 5.13. The van der Waals surface area contributed by atoms with E-state index in [0.29, 0.717) is 40.7 Å². The Hall–Kier alpha value is -2.31. The topological polar surface area (TPSA) is 88.6 Å². The summed E-state index contributed by atoms with van der Waals surface area (Å²) in [6, 6.07) is 6.39. The molecule has 0 fully saturated rings. The number of nitrogens with two attached hydrogens (primary N) is 1. The first kappa shape index (κ1) is 18.0. The fourth-order valence-corrected chi connectivity index (χ4v) is 2.52. The van der Waals surface area contributed by atoms with Gasteiger partial charge in [0, 0.05) is 18.8 Å². The van der Waals surface area contributed by atoms with E-state index in [-0.39, 0.29) is 18.4 Å². The van der Waals surface area contributed by atoms with Crippen molar-refractivity contribution in [2.24, 2.45) is 5.73 Å². The summed E-state index contributed by atoms with van der Waals surface area (Å²) in [6.07, 6.45) is 1.34. The van der Waals surface area contributed by atoms with Crippen LogP contribution in [0.15, 0.2) is 34.9 Å². The first-order valence-electron chi connectivity index (χ1n) is 7.67. The van der Waals surface area contributed by atoms with E-state index in [2.05, 4.69) is 5.32 Å². The summed E-state index contributed by atoms with van der Waals surface area (Å²) in [7, 11) is 0. The number of furan rings is 1. The molecule has 1 aromatic heterocycles. The number of hydrogen-bond donors (Lipinski definition) is 2. The summed E-state index contributed by atoms with van der Waals surface area (Å²) in [4.78, 5) is 26.2. The van der Waals surface area contributed by atoms with Crippen LogP contribution in [-0.2, 0) is 6.54 Å². The number of benzene rings is 1. The van der Waals surface area contributed by atoms with E-state index in [9.17, 15) is 9.59 Å². The lowest BCUT2D eigenvalue weighted by atomic mass is 10.1. The molecule has 7 heteroatoms. The summed E-state index contributed by atoms with van der Waals surface area (Å²) >= 11 is 6.20. The minimum absolute atomic E-state index is 0.134. The zero-order valence-electron chi connectivity index (χ0n) is 13.6. The zero-order chi connectivity index (χ0) is 17.7. The number of carbonyl (C=O) groups excluding carboxylic acids is 2. The third-order valence-corrected chi connectivity index (χ3v) is 3.94. The highest BCUT2D eigenvalue weighted by atomic mass is 35.5. The predicted molar refractivity (Wildman–Crippen MR) is 93.3 cm³/mol. The lowest BCUT2D eigenvalue weighted by Gasteiger charge is -2.19. The molecule has 24 heavy (non-hydrogen) atoms. The van der Waals surface area contributed by atoms with Gasteiger partial charge in [-0.25, -0.2) is 0 Å². The molecule has 2 aromatic rings. The predicted octanol–water partition coefficient (Wildman–Crippen LogP) is 3.13. The molecule has 3 N–H and O–H groups in total. The van der Waals surface area contributed by atoms with Gasteiger partial charge in [0.15, 0.2) is 0 Å². The SMILES string of the molecule is CCN(CC)C(=O)c1ccc(NC(=O)c2coc(CN)c2)cc1Cl. The second-order valence-corrected chi connectivity index (χ2v) is 5.54. The van der Waals surface area contributed by atoms with Crippen molar-refractivity contribution in [1.29, 1.82) is 0 Å². The van der Waals surface area contributed by atoms with Crippen LogP contribution in [0.3, 0.4) is 0 Å². The summed E-state index contributed by atoms with van der Waals surface area (Å²) < 4.78 is 5.14. The van der Waals surface area contributed by atoms with Crippen molar-refractivity contribution in [3.8, 4) is 0 Å². The standard InChI is InChI=1S/C17H20ClN3O3/c1-3-21(4-2)17(23)14-6-5-12(8-15(14)18)20-16(22)11-7-13(9-19)24-10-11/h5-8,10H,3-4,9,19H2,1-2H3,(H,20,22). The van der Waals surface area contributed by atoms with E-state index < -0.39 is 0 Å². The van der Waals surface area contributed by atoms with Crippen molar-refractivity contribution in [3.05, 3.63) is 52.4 Å². The van der Waals surface area contributed by atoms with Gasteiger partial charge >= 0.3 is 0 Å². The van der Waals surface area contributed by atoms with Crippen molar-refractivity contribution in [2.45, 2.75) is 20.4 Å². The maximum atomic E-state index is 12.3. The van der Waals surface area contributed by atoms with Crippen LogP contribution < -0.4 is 11.1 Å². The molecule has 6 nitrogen and oxygen atoms in total. The van der Waals surface area contributed by atoms with Crippen LogP contribution in [0.1, 0.15) is 40.3 Å². The molecule has 0 unspecified atom stereocenters. The number of rotatable bonds is 6. The van der Waals surface area contributed by atoms with Crippen molar-refractivity contribution in [2.75, 3.05) is 18.4 Å². The lowest BCUT2D eigenvalue weighted by molar-refractivity contribution is 0.0773. The largest absolute Gasteiger partial charge is 0.467 e. The maximum absolute atomic E-state index is 12.3. The molecule has 2 amide bonds. The second kappa shape index (κ2) is 7.99. The molecular formula is C17H20ClN3O3. The number of hydrogen-bond acceptors (Lipinski definition) is 4. The Labute approximate surface area is 145 Å². The molecule has 0 bridgehead atoms. The van der Waals surface area contributed by atoms with Gasteiger partial charge in [0.25, 0.3) is 11.8 Å². The van der Waals surface area contributed by atoms with E-state index in [4.69, 9.17) is 21.8 Å². The average molecular weight is 350 g/mol. The normalized spacial score (nSPS) is 10.5. The Morgan fingerprint density at radius 1 is 1.25 bits per heavy atom. The molecule has 1 aromatic carbocycles. The van der Waals surface area contributed by atoms with Crippen molar-refractivity contribution in [1.82, 2.24) is 4.90 Å². The molecule has 0 radical (unpaired) electrons. The highest BCUT2D eigenvalue weighted by Crippen LogP contribution is 2.23. The van der Waals surface area contributed by atoms with E-state index in [1.54, 1.807) is 29.2 Å². The first-order valence-corrected chi connectivity index (χ1v) is 8.05. The molecule has 0 atom stereocenters. The van der Waals surface area contributed by atoms with Crippen LogP contribution in [0.4, 0.5) is 5.69 Å². The van der Waals surface area contributed by atoms with Crippen LogP contribution in [0.2, 0.25) is 5.02 Å². The minimum atomic E-state index is -0.336. The molecular weight excluding hydrogens is 330 g/mol. The van der Waals surface area contributed by atoms with Gasteiger partial charge in [0.05, 0.1) is 22.7 Å². The van der Waals surface area contributed by atoms with E-state index in [0.717, 1.165) is 0 Å². The van der Waals surface area contributed by atoms with Crippen molar-refractivity contribution in [3.63, 3.8) is 0 Å². The third kappa shape index (κ3) is 3.96. The highest BCUT2D eigenvalue weighted by molar-refractivity contribution is 6.34. The highest BCUT2D eigenvalue weighted by Gasteiger charge is 2.17. The van der Waals surface area contributed by atoms with Crippen molar-refractivity contribution >= 4 is 29.1 Å². The molecule has 2 rings (SSSR count). The molecule has 128 valence electrons. The Bertz CT molecular complexity index is 738. The number of anilines is 1. The van der Waals surface area contributed by atoms with Crippen LogP contribution >= 0.6 is 11.6 Å². The summed E-state index contributed by atoms with van der Waals surface area (Å²) in [5.41, 5.74) is 6.73. The van der Waals surface area contributed by atoms with Gasteiger partial charge in [-0.3, -0.25) is 9.59 Å². The number of nitrogens with one attached hydrogen (secondary N) is 1. The molecule has 0 saturated heterocycles. The van der Waals surface area contributed by atoms with Crippen LogP contribution in [-0.4, -0.2) is 29.8 Å². The smallest absolute Gasteiger partial charge is 0.258 e. The van der Waals surface area contributed by atoms with Gasteiger partial charge < -0.3 is 20.4 Å². The molecule has 0 aliphatic carbocycles. The molecule has 0 aliphatic heterocycles. The summed E-state index contributed by atoms with van der Waals surface area (Å²) in [5, 5.41) is 3.00. The Balaban J connectivity index is 2.14. The van der Waals surface area contributed by atoms with Crippen LogP contribution in [0.5, 0.6) is 0 Å². The monoisotopic (exact) mass is 349 g/mol. The van der Waals surface area contributed by atoms with Gasteiger partial charge in [-0.05, 0) is 38.1 Å². The van der Waals surface area contributed by atoms with Gasteiger partial charge in [-0.2, -0.15) is 0 Å². The maximum Gasteiger partial charge on any atom is 0.258 e. The molecule has 0 spiro atoms. The van der Waals surface area contributed by atoms with Gasteiger partial charge in [-0.15, -0.1) is 0 Å². The summed E-state index contributed by atoms with van der Waals surface area (Å²) in [5.74, 6) is 0.0565. The lowest BCUT2D eigenvalue weighted by Crippen LogP contribution is -2.30. The van der Waals surface area contributed by atoms with Crippen LogP contribution in [0, 0.1) is 0 Å². The zero-order valence-corrected chi connectivity index (χ0v) is 14.4. The van der Waals surface area contributed by atoms with Gasteiger partial charge in [0.2, 0.25) is 0 Å². The average Bonchev–Trinajstić information content (AvgIpc) is 3.05.